The minimum atomic E-state index is -0.179. The Labute approximate surface area is 58.6 Å². The van der Waals surface area contributed by atoms with Crippen LogP contribution in [0.3, 0.4) is 0 Å². The van der Waals surface area contributed by atoms with E-state index in [1.807, 2.05) is 0 Å². The van der Waals surface area contributed by atoms with Gasteiger partial charge in [-0.1, -0.05) is 13.8 Å². The summed E-state index contributed by atoms with van der Waals surface area (Å²) in [6.07, 6.45) is 0. The van der Waals surface area contributed by atoms with Crippen molar-refractivity contribution in [3.05, 3.63) is 0 Å². The summed E-state index contributed by atoms with van der Waals surface area (Å²) < 4.78 is 0.789. The lowest BCUT2D eigenvalue weighted by Gasteiger charge is -1.85. The predicted octanol–water partition coefficient (Wildman–Crippen LogP) is 1.28. The molecule has 0 aromatic heterocycles. The Bertz CT molecular complexity index is 25.7. The molecule has 0 spiro atoms. The lowest BCUT2D eigenvalue weighted by Crippen LogP contribution is -1.80. The number of aliphatic hydroxyl groups excluding tert-OH is 1. The van der Waals surface area contributed by atoms with Crippen LogP contribution in [0.5, 0.6) is 0 Å². The fraction of sp³-hybridized carbons (Fsp3) is 1.00. The third-order valence-corrected chi connectivity index (χ3v) is 2.78. The maximum absolute atomic E-state index is 7.00. The standard InChI is InChI=1S/C3H7.CH4O.ClH.Mg/c1-3-2;1-2;;/h3H,1-2H3;2H,1H3;1H;/q;;;+1/p-1. The van der Waals surface area contributed by atoms with Crippen molar-refractivity contribution in [3.8, 4) is 0 Å². The van der Waals surface area contributed by atoms with Crippen LogP contribution in [-0.4, -0.2) is 31.5 Å². The summed E-state index contributed by atoms with van der Waals surface area (Å²) in [7, 11) is 6.48. The highest BCUT2D eigenvalue weighted by Gasteiger charge is 1.92. The molecule has 0 aliphatic heterocycles. The summed E-state index contributed by atoms with van der Waals surface area (Å²) in [4.78, 5) is 0. The molecule has 0 bridgehead atoms. The lowest BCUT2D eigenvalue weighted by molar-refractivity contribution is 0.399. The molecular formula is C4H11ClMgO. The first kappa shape index (κ1) is 10.9. The first-order valence-electron chi connectivity index (χ1n) is 2.28. The van der Waals surface area contributed by atoms with Crippen molar-refractivity contribution in [2.45, 2.75) is 17.9 Å². The van der Waals surface area contributed by atoms with Gasteiger partial charge in [-0.05, 0) is 0 Å². The second-order valence-corrected chi connectivity index (χ2v) is 4.42. The lowest BCUT2D eigenvalue weighted by atomic mass is 10.6. The monoisotopic (exact) mass is 134 g/mol. The Morgan fingerprint density at radius 3 is 1.57 bits per heavy atom. The molecule has 0 saturated carbocycles. The van der Waals surface area contributed by atoms with Gasteiger partial charge in [-0.2, -0.15) is 0 Å². The maximum Gasteiger partial charge on any atom is 0.503 e. The molecule has 0 saturated heterocycles. The molecular weight excluding hydrogens is 124 g/mol. The van der Waals surface area contributed by atoms with Crippen LogP contribution in [0, 0.1) is 0 Å². The van der Waals surface area contributed by atoms with E-state index in [9.17, 15) is 0 Å². The third-order valence-electron chi connectivity index (χ3n) is 0.309. The van der Waals surface area contributed by atoms with E-state index in [1.54, 1.807) is 0 Å². The molecule has 0 unspecified atom stereocenters. The van der Waals surface area contributed by atoms with Crippen LogP contribution in [0.15, 0.2) is 0 Å². The van der Waals surface area contributed by atoms with E-state index in [0.717, 1.165) is 11.2 Å². The predicted molar refractivity (Wildman–Crippen MR) is 34.8 cm³/mol. The van der Waals surface area contributed by atoms with Crippen molar-refractivity contribution in [2.24, 2.45) is 0 Å². The summed E-state index contributed by atoms with van der Waals surface area (Å²) in [5, 5.41) is 7.00. The van der Waals surface area contributed by atoms with Gasteiger partial charge in [-0.3, -0.25) is 0 Å². The average molecular weight is 135 g/mol. The smallest absolute Gasteiger partial charge is 0.400 e. The van der Waals surface area contributed by atoms with Gasteiger partial charge in [0.15, 0.2) is 0 Å². The molecule has 1 nitrogen and oxygen atoms in total. The van der Waals surface area contributed by atoms with E-state index in [1.165, 1.54) is 0 Å². The summed E-state index contributed by atoms with van der Waals surface area (Å²) in [6.45, 7) is 4.30. The van der Waals surface area contributed by atoms with Gasteiger partial charge in [0.1, 0.15) is 0 Å². The van der Waals surface area contributed by atoms with Crippen LogP contribution in [0.25, 0.3) is 0 Å². The molecule has 0 aliphatic carbocycles. The quantitative estimate of drug-likeness (QED) is 0.536. The van der Waals surface area contributed by atoms with Crippen molar-refractivity contribution >= 4 is 28.3 Å². The van der Waals surface area contributed by atoms with Crippen LogP contribution < -0.4 is 0 Å². The van der Waals surface area contributed by atoms with Crippen LogP contribution >= 0.6 is 9.07 Å². The van der Waals surface area contributed by atoms with Gasteiger partial charge in [0.25, 0.3) is 0 Å². The molecule has 0 rings (SSSR count). The fourth-order valence-electron chi connectivity index (χ4n) is 0. The molecule has 0 heterocycles. The molecule has 3 heteroatoms. The summed E-state index contributed by atoms with van der Waals surface area (Å²) in [5.74, 6) is 0. The summed E-state index contributed by atoms with van der Waals surface area (Å²) in [6, 6.07) is 0. The van der Waals surface area contributed by atoms with E-state index in [0.29, 0.717) is 0 Å². The first-order valence-corrected chi connectivity index (χ1v) is 5.23. The second-order valence-electron chi connectivity index (χ2n) is 1.55. The van der Waals surface area contributed by atoms with Crippen LogP contribution in [0.2, 0.25) is 4.05 Å². The highest BCUT2D eigenvalue weighted by atomic mass is 35.5. The Morgan fingerprint density at radius 1 is 1.43 bits per heavy atom. The van der Waals surface area contributed by atoms with Crippen molar-refractivity contribution in [1.29, 1.82) is 0 Å². The minimum Gasteiger partial charge on any atom is -0.400 e. The highest BCUT2D eigenvalue weighted by Crippen LogP contribution is 1.96. The van der Waals surface area contributed by atoms with E-state index in [-0.39, 0.29) is 19.3 Å². The number of aliphatic hydroxyl groups is 1. The molecule has 7 heavy (non-hydrogen) atoms. The molecule has 0 radical (unpaired) electrons. The fourth-order valence-corrected chi connectivity index (χ4v) is 0. The van der Waals surface area contributed by atoms with Gasteiger partial charge < -0.3 is 14.2 Å². The summed E-state index contributed by atoms with van der Waals surface area (Å²) in [5.41, 5.74) is 0. The number of rotatable bonds is 1. The molecule has 0 fully saturated rings. The van der Waals surface area contributed by atoms with Crippen LogP contribution in [-0.2, 0) is 0 Å². The van der Waals surface area contributed by atoms with Gasteiger partial charge in [0, 0.05) is 7.11 Å². The highest BCUT2D eigenvalue weighted by molar-refractivity contribution is 6.94. The Morgan fingerprint density at radius 2 is 1.57 bits per heavy atom. The van der Waals surface area contributed by atoms with Crippen LogP contribution in [0.1, 0.15) is 13.8 Å². The zero-order chi connectivity index (χ0) is 6.28. The van der Waals surface area contributed by atoms with Crippen molar-refractivity contribution < 1.29 is 5.11 Å². The van der Waals surface area contributed by atoms with E-state index >= 15 is 0 Å². The number of hydrogen-bond donors (Lipinski definition) is 1. The van der Waals surface area contributed by atoms with E-state index in [4.69, 9.17) is 14.2 Å². The molecule has 0 aliphatic rings. The molecule has 0 atom stereocenters. The molecule has 1 N–H and O–H groups in total. The number of hydrogen-bond acceptors (Lipinski definition) is 1. The van der Waals surface area contributed by atoms with Crippen LogP contribution in [0.4, 0.5) is 0 Å². The van der Waals surface area contributed by atoms with Gasteiger partial charge in [0.2, 0.25) is 0 Å². The zero-order valence-corrected chi connectivity index (χ0v) is 7.28. The molecule has 0 aromatic rings. The largest absolute Gasteiger partial charge is 0.503 e. The second kappa shape index (κ2) is 10.1. The average Bonchev–Trinajstić information content (AvgIpc) is 1.73. The minimum absolute atomic E-state index is 0.179. The van der Waals surface area contributed by atoms with Gasteiger partial charge >= 0.3 is 19.3 Å². The topological polar surface area (TPSA) is 20.2 Å². The normalized spacial score (nSPS) is 6.57. The van der Waals surface area contributed by atoms with Crippen molar-refractivity contribution in [3.63, 3.8) is 0 Å². The summed E-state index contributed by atoms with van der Waals surface area (Å²) >= 11 is -0.179. The van der Waals surface area contributed by atoms with Gasteiger partial charge in [-0.25, -0.2) is 0 Å². The first-order chi connectivity index (χ1) is 3.27. The third kappa shape index (κ3) is 19.4. The SMILES string of the molecule is CO.C[CH](C)[Mg][Cl]. The Hall–Kier alpha value is 1.02. The Balaban J connectivity index is 0. The molecule has 0 aromatic carbocycles. The molecule has 0 amide bonds. The number of halogens is 1. The van der Waals surface area contributed by atoms with E-state index < -0.39 is 0 Å². The van der Waals surface area contributed by atoms with Crippen molar-refractivity contribution in [2.75, 3.05) is 7.11 Å². The Kier molecular flexibility index (Phi) is 15.7. The molecule has 42 valence electrons. The zero-order valence-electron chi connectivity index (χ0n) is 5.11. The van der Waals surface area contributed by atoms with E-state index in [2.05, 4.69) is 13.8 Å². The maximum atomic E-state index is 7.00. The van der Waals surface area contributed by atoms with Gasteiger partial charge in [-0.15, -0.1) is 4.05 Å². The van der Waals surface area contributed by atoms with Crippen molar-refractivity contribution in [1.82, 2.24) is 0 Å². The van der Waals surface area contributed by atoms with Gasteiger partial charge in [0.05, 0.1) is 0 Å².